The van der Waals surface area contributed by atoms with Crippen LogP contribution in [0.4, 0.5) is 4.39 Å². The molecule has 0 saturated heterocycles. The normalized spacial score (nSPS) is 11.0. The molecular weight excluding hydrogens is 435 g/mol. The number of carbonyl (C=O) groups is 1. The summed E-state index contributed by atoms with van der Waals surface area (Å²) in [7, 11) is 0. The molecule has 0 atom stereocenters. The molecule has 0 amide bonds. The third kappa shape index (κ3) is 4.02. The molecule has 1 N–H and O–H groups in total. The van der Waals surface area contributed by atoms with Crippen molar-refractivity contribution in [1.82, 2.24) is 19.7 Å². The van der Waals surface area contributed by atoms with Crippen molar-refractivity contribution in [1.29, 1.82) is 0 Å². The highest BCUT2D eigenvalue weighted by Gasteiger charge is 2.20. The molecule has 2 aromatic heterocycles. The lowest BCUT2D eigenvalue weighted by Gasteiger charge is -2.11. The van der Waals surface area contributed by atoms with Gasteiger partial charge >= 0.3 is 5.97 Å². The second-order valence-electron chi connectivity index (χ2n) is 5.79. The van der Waals surface area contributed by atoms with Crippen LogP contribution in [-0.4, -0.2) is 30.8 Å². The number of hydrogen-bond donors (Lipinski definition) is 1. The zero-order chi connectivity index (χ0) is 20.4. The Morgan fingerprint density at radius 3 is 2.66 bits per heavy atom. The van der Waals surface area contributed by atoms with Crippen molar-refractivity contribution >= 4 is 40.7 Å². The summed E-state index contributed by atoms with van der Waals surface area (Å²) in [6.45, 7) is 0. The zero-order valence-corrected chi connectivity index (χ0v) is 17.0. The van der Waals surface area contributed by atoms with Gasteiger partial charge in [0.25, 0.3) is 0 Å². The molecule has 4 rings (SSSR count). The molecular formula is C19H12ClFN4O2S2. The van der Waals surface area contributed by atoms with Crippen LogP contribution < -0.4 is 0 Å². The number of aromatic carboxylic acids is 1. The average Bonchev–Trinajstić information content (AvgIpc) is 3.34. The smallest absolute Gasteiger partial charge is 0.355 e. The second-order valence-corrected chi connectivity index (χ2v) is 8.09. The second kappa shape index (κ2) is 8.32. The number of nitrogens with zero attached hydrogens (tertiary/aromatic N) is 4. The van der Waals surface area contributed by atoms with Gasteiger partial charge in [-0.15, -0.1) is 21.5 Å². The summed E-state index contributed by atoms with van der Waals surface area (Å²) < 4.78 is 16.2. The van der Waals surface area contributed by atoms with Crippen LogP contribution in [0.15, 0.2) is 59.1 Å². The van der Waals surface area contributed by atoms with Gasteiger partial charge in [-0.2, -0.15) is 0 Å². The van der Waals surface area contributed by atoms with E-state index in [1.54, 1.807) is 41.0 Å². The number of benzene rings is 2. The number of thioether (sulfide) groups is 1. The molecule has 0 bridgehead atoms. The molecule has 2 heterocycles. The van der Waals surface area contributed by atoms with Gasteiger partial charge in [0, 0.05) is 10.9 Å². The number of aromatic nitrogens is 4. The zero-order valence-electron chi connectivity index (χ0n) is 14.6. The van der Waals surface area contributed by atoms with Crippen LogP contribution >= 0.6 is 34.7 Å². The summed E-state index contributed by atoms with van der Waals surface area (Å²) in [6.07, 6.45) is 0. The van der Waals surface area contributed by atoms with Gasteiger partial charge in [-0.1, -0.05) is 47.6 Å². The molecule has 0 aliphatic carbocycles. The highest BCUT2D eigenvalue weighted by molar-refractivity contribution is 7.98. The molecule has 146 valence electrons. The van der Waals surface area contributed by atoms with E-state index in [1.165, 1.54) is 34.5 Å². The Balaban J connectivity index is 1.75. The summed E-state index contributed by atoms with van der Waals surface area (Å²) in [5, 5.41) is 20.5. The lowest BCUT2D eigenvalue weighted by Crippen LogP contribution is -2.02. The van der Waals surface area contributed by atoms with E-state index in [4.69, 9.17) is 16.7 Å². The van der Waals surface area contributed by atoms with Gasteiger partial charge in [0.05, 0.1) is 16.5 Å². The van der Waals surface area contributed by atoms with Gasteiger partial charge in [0.2, 0.25) is 0 Å². The summed E-state index contributed by atoms with van der Waals surface area (Å²) in [5.74, 6) is -0.723. The quantitative estimate of drug-likeness (QED) is 0.411. The molecule has 6 nitrogen and oxygen atoms in total. The lowest BCUT2D eigenvalue weighted by molar-refractivity contribution is 0.0691. The molecule has 0 aliphatic rings. The maximum atomic E-state index is 14.6. The molecule has 0 fully saturated rings. The fourth-order valence-corrected chi connectivity index (χ4v) is 4.58. The Morgan fingerprint density at radius 2 is 1.93 bits per heavy atom. The van der Waals surface area contributed by atoms with Crippen molar-refractivity contribution in [3.63, 3.8) is 0 Å². The van der Waals surface area contributed by atoms with E-state index < -0.39 is 11.8 Å². The molecule has 0 radical (unpaired) electrons. The highest BCUT2D eigenvalue weighted by atomic mass is 35.5. The van der Waals surface area contributed by atoms with Crippen LogP contribution in [0.2, 0.25) is 5.02 Å². The van der Waals surface area contributed by atoms with Crippen molar-refractivity contribution in [2.45, 2.75) is 10.9 Å². The first-order valence-electron chi connectivity index (χ1n) is 8.30. The number of thiazole rings is 1. The predicted octanol–water partition coefficient (Wildman–Crippen LogP) is 5.17. The van der Waals surface area contributed by atoms with Crippen molar-refractivity contribution < 1.29 is 14.3 Å². The van der Waals surface area contributed by atoms with Crippen LogP contribution in [0.3, 0.4) is 0 Å². The first-order valence-corrected chi connectivity index (χ1v) is 10.5. The van der Waals surface area contributed by atoms with Crippen LogP contribution in [0.1, 0.15) is 15.5 Å². The van der Waals surface area contributed by atoms with Crippen LogP contribution in [0.5, 0.6) is 0 Å². The number of para-hydroxylation sites is 1. The first kappa shape index (κ1) is 19.6. The van der Waals surface area contributed by atoms with E-state index in [-0.39, 0.29) is 5.69 Å². The van der Waals surface area contributed by atoms with Crippen molar-refractivity contribution in [2.75, 3.05) is 0 Å². The Morgan fingerprint density at radius 1 is 1.17 bits per heavy atom. The van der Waals surface area contributed by atoms with E-state index in [2.05, 4.69) is 15.2 Å². The fraction of sp³-hybridized carbons (Fsp3) is 0.0526. The summed E-state index contributed by atoms with van der Waals surface area (Å²) >= 11 is 8.85. The molecule has 0 unspecified atom stereocenters. The van der Waals surface area contributed by atoms with E-state index in [0.717, 1.165) is 0 Å². The number of hydrogen-bond acceptors (Lipinski definition) is 6. The van der Waals surface area contributed by atoms with Crippen molar-refractivity contribution in [2.24, 2.45) is 0 Å². The summed E-state index contributed by atoms with van der Waals surface area (Å²) in [5.41, 5.74) is 0.914. The maximum absolute atomic E-state index is 14.6. The Hall–Kier alpha value is -2.75. The number of carboxylic acids is 1. The summed E-state index contributed by atoms with van der Waals surface area (Å²) in [4.78, 5) is 15.1. The van der Waals surface area contributed by atoms with Gasteiger partial charge in [-0.05, 0) is 24.3 Å². The SMILES string of the molecule is O=C(O)c1csc(CSc2nnc(-c3ccccc3Cl)n2-c2ccccc2F)n1. The number of carboxylic acid groups (broad SMARTS) is 1. The van der Waals surface area contributed by atoms with Gasteiger partial charge < -0.3 is 5.11 Å². The van der Waals surface area contributed by atoms with E-state index >= 15 is 0 Å². The molecule has 4 aromatic rings. The third-order valence-corrected chi connectivity index (χ3v) is 6.24. The highest BCUT2D eigenvalue weighted by Crippen LogP contribution is 2.33. The predicted molar refractivity (Wildman–Crippen MR) is 110 cm³/mol. The van der Waals surface area contributed by atoms with Crippen molar-refractivity contribution in [3.8, 4) is 17.1 Å². The largest absolute Gasteiger partial charge is 0.476 e. The van der Waals surface area contributed by atoms with E-state index in [1.807, 2.05) is 6.07 Å². The maximum Gasteiger partial charge on any atom is 0.355 e. The van der Waals surface area contributed by atoms with E-state index in [9.17, 15) is 9.18 Å². The van der Waals surface area contributed by atoms with Gasteiger partial charge in [0.15, 0.2) is 16.7 Å². The molecule has 10 heteroatoms. The van der Waals surface area contributed by atoms with Crippen LogP contribution in [-0.2, 0) is 5.75 Å². The number of halogens is 2. The fourth-order valence-electron chi connectivity index (χ4n) is 2.63. The monoisotopic (exact) mass is 446 g/mol. The molecule has 29 heavy (non-hydrogen) atoms. The minimum Gasteiger partial charge on any atom is -0.476 e. The minimum absolute atomic E-state index is 0.00192. The first-order chi connectivity index (χ1) is 14.0. The Kier molecular flexibility index (Phi) is 5.61. The van der Waals surface area contributed by atoms with Gasteiger partial charge in [-0.3, -0.25) is 4.57 Å². The minimum atomic E-state index is -1.08. The molecule has 0 aliphatic heterocycles. The Labute approximate surface area is 178 Å². The van der Waals surface area contributed by atoms with Crippen LogP contribution in [0, 0.1) is 5.82 Å². The van der Waals surface area contributed by atoms with E-state index in [0.29, 0.717) is 38.0 Å². The number of rotatable bonds is 6. The topological polar surface area (TPSA) is 80.9 Å². The van der Waals surface area contributed by atoms with Gasteiger partial charge in [-0.25, -0.2) is 14.2 Å². The van der Waals surface area contributed by atoms with Gasteiger partial charge in [0.1, 0.15) is 10.8 Å². The Bertz CT molecular complexity index is 1190. The lowest BCUT2D eigenvalue weighted by atomic mass is 10.2. The standard InChI is InChI=1S/C19H12ClFN4O2S2/c20-12-6-2-1-5-11(12)17-23-24-19(25(17)15-8-4-3-7-13(15)21)29-10-16-22-14(9-28-16)18(26)27/h1-9H,10H2,(H,26,27). The van der Waals surface area contributed by atoms with Crippen LogP contribution in [0.25, 0.3) is 17.1 Å². The average molecular weight is 447 g/mol. The van der Waals surface area contributed by atoms with Crippen molar-refractivity contribution in [3.05, 3.63) is 75.5 Å². The third-order valence-electron chi connectivity index (χ3n) is 3.94. The summed E-state index contributed by atoms with van der Waals surface area (Å²) in [6, 6.07) is 13.5. The molecule has 0 saturated carbocycles. The molecule has 2 aromatic carbocycles. The molecule has 0 spiro atoms.